The summed E-state index contributed by atoms with van der Waals surface area (Å²) in [5.41, 5.74) is 0.343. The summed E-state index contributed by atoms with van der Waals surface area (Å²) in [7, 11) is 0. The minimum Gasteiger partial charge on any atom is -0.502 e. The molecule has 3 aromatic rings. The number of thioether (sulfide) groups is 1. The van der Waals surface area contributed by atoms with Crippen LogP contribution in [0.25, 0.3) is 0 Å². The van der Waals surface area contributed by atoms with Crippen LogP contribution in [0.15, 0.2) is 52.3 Å². The van der Waals surface area contributed by atoms with Gasteiger partial charge in [0.05, 0.1) is 6.61 Å². The molecule has 1 fully saturated rings. The molecule has 0 saturated heterocycles. The predicted octanol–water partition coefficient (Wildman–Crippen LogP) is 4.28. The van der Waals surface area contributed by atoms with Crippen molar-refractivity contribution in [1.29, 1.82) is 0 Å². The topological polar surface area (TPSA) is 75.0 Å². The van der Waals surface area contributed by atoms with Gasteiger partial charge < -0.3 is 14.7 Å². The first-order valence-electron chi connectivity index (χ1n) is 12.3. The van der Waals surface area contributed by atoms with Gasteiger partial charge in [0.1, 0.15) is 18.5 Å². The van der Waals surface area contributed by atoms with Gasteiger partial charge in [-0.1, -0.05) is 18.2 Å². The molecule has 37 heavy (non-hydrogen) atoms. The zero-order valence-electron chi connectivity index (χ0n) is 19.7. The number of amides is 1. The number of benzene rings is 2. The lowest BCUT2D eigenvalue weighted by atomic mass is 9.92. The molecule has 2 bridgehead atoms. The number of hydrogen-bond acceptors (Lipinski definition) is 6. The number of fused-ring (bicyclic) bond motifs is 8. The molecular formula is C27H23F2N3O4S. The van der Waals surface area contributed by atoms with Crippen LogP contribution in [0.5, 0.6) is 11.5 Å². The number of rotatable bonds is 0. The van der Waals surface area contributed by atoms with Gasteiger partial charge in [-0.2, -0.15) is 0 Å². The maximum atomic E-state index is 15.4. The number of ether oxygens (including phenoxy) is 1. The summed E-state index contributed by atoms with van der Waals surface area (Å²) in [4.78, 5) is 28.9. The van der Waals surface area contributed by atoms with Crippen LogP contribution in [-0.2, 0) is 5.75 Å². The average molecular weight is 524 g/mol. The van der Waals surface area contributed by atoms with Crippen LogP contribution in [-0.4, -0.2) is 39.4 Å². The second kappa shape index (κ2) is 7.98. The molecule has 0 radical (unpaired) electrons. The Morgan fingerprint density at radius 1 is 1.11 bits per heavy atom. The fraction of sp³-hybridized carbons (Fsp3) is 0.333. The first-order chi connectivity index (χ1) is 17.9. The van der Waals surface area contributed by atoms with E-state index in [1.165, 1.54) is 28.7 Å². The number of aromatic nitrogens is 1. The molecule has 190 valence electrons. The molecule has 1 atom stereocenters. The van der Waals surface area contributed by atoms with E-state index < -0.39 is 40.3 Å². The molecule has 1 aromatic heterocycles. The number of halogens is 2. The van der Waals surface area contributed by atoms with Crippen LogP contribution in [0, 0.1) is 11.6 Å². The lowest BCUT2D eigenvalue weighted by molar-refractivity contribution is 0.0536. The molecule has 1 spiro atoms. The van der Waals surface area contributed by atoms with Crippen molar-refractivity contribution in [2.75, 3.05) is 18.3 Å². The van der Waals surface area contributed by atoms with Crippen molar-refractivity contribution in [3.05, 3.63) is 86.8 Å². The van der Waals surface area contributed by atoms with Gasteiger partial charge in [0, 0.05) is 45.6 Å². The van der Waals surface area contributed by atoms with Gasteiger partial charge in [0.2, 0.25) is 5.43 Å². The van der Waals surface area contributed by atoms with Crippen LogP contribution >= 0.6 is 11.8 Å². The fourth-order valence-electron chi connectivity index (χ4n) is 5.97. The maximum absolute atomic E-state index is 15.4. The molecule has 1 aliphatic carbocycles. The van der Waals surface area contributed by atoms with Gasteiger partial charge in [-0.3, -0.25) is 19.3 Å². The van der Waals surface area contributed by atoms with E-state index in [4.69, 9.17) is 4.74 Å². The minimum atomic E-state index is -0.968. The van der Waals surface area contributed by atoms with Gasteiger partial charge in [-0.05, 0) is 37.3 Å². The molecule has 4 heterocycles. The quantitative estimate of drug-likeness (QED) is 0.474. The number of carbonyl (C=O) groups excluding carboxylic acids is 1. The van der Waals surface area contributed by atoms with E-state index >= 15 is 4.39 Å². The van der Waals surface area contributed by atoms with Crippen molar-refractivity contribution in [1.82, 2.24) is 9.58 Å². The third-order valence-electron chi connectivity index (χ3n) is 7.99. The molecule has 1 N–H and O–H groups in total. The summed E-state index contributed by atoms with van der Waals surface area (Å²) in [5.74, 6) is -2.46. The zero-order valence-corrected chi connectivity index (χ0v) is 20.6. The summed E-state index contributed by atoms with van der Waals surface area (Å²) in [6, 6.07) is 9.28. The highest BCUT2D eigenvalue weighted by molar-refractivity contribution is 7.98. The van der Waals surface area contributed by atoms with Crippen LogP contribution < -0.4 is 15.2 Å². The third-order valence-corrected chi connectivity index (χ3v) is 9.10. The standard InChI is InChI=1S/C27H23F2N3O4S/c28-17-12-19-21-16(22(17)29)13-37-20-5-2-1-4-15(20)23(21)32-14-30(27(8-9-27)7-3-11-36-19)26(35)24-25(34)18(33)6-10-31(24)32/h1-2,4-6,10,12,23,34H,3,7-9,11,13-14H2/t23-/m0/s1. The Balaban J connectivity index is 1.57. The van der Waals surface area contributed by atoms with Crippen LogP contribution in [0.1, 0.15) is 58.9 Å². The highest BCUT2D eigenvalue weighted by Gasteiger charge is 2.54. The Hall–Kier alpha value is -3.53. The zero-order chi connectivity index (χ0) is 25.5. The predicted molar refractivity (Wildman–Crippen MR) is 133 cm³/mol. The normalized spacial score (nSPS) is 21.2. The molecular weight excluding hydrogens is 500 g/mol. The van der Waals surface area contributed by atoms with E-state index in [-0.39, 0.29) is 29.4 Å². The summed E-state index contributed by atoms with van der Waals surface area (Å²) >= 11 is 1.41. The molecule has 1 amide bonds. The van der Waals surface area contributed by atoms with Crippen molar-refractivity contribution in [3.63, 3.8) is 0 Å². The van der Waals surface area contributed by atoms with E-state index in [9.17, 15) is 19.1 Å². The average Bonchev–Trinajstić information content (AvgIpc) is 3.70. The Morgan fingerprint density at radius 3 is 2.73 bits per heavy atom. The molecule has 0 unspecified atom stereocenters. The van der Waals surface area contributed by atoms with E-state index in [2.05, 4.69) is 0 Å². The van der Waals surface area contributed by atoms with Gasteiger partial charge >= 0.3 is 0 Å². The summed E-state index contributed by atoms with van der Waals surface area (Å²) in [6.07, 6.45) is 4.33. The van der Waals surface area contributed by atoms with E-state index in [1.54, 1.807) is 4.90 Å². The van der Waals surface area contributed by atoms with Crippen molar-refractivity contribution in [2.45, 2.75) is 47.9 Å². The smallest absolute Gasteiger partial charge is 0.278 e. The monoisotopic (exact) mass is 523 g/mol. The highest BCUT2D eigenvalue weighted by Crippen LogP contribution is 2.51. The number of pyridine rings is 1. The van der Waals surface area contributed by atoms with Crippen molar-refractivity contribution >= 4 is 17.7 Å². The van der Waals surface area contributed by atoms with Gasteiger partial charge in [-0.15, -0.1) is 11.8 Å². The second-order valence-corrected chi connectivity index (χ2v) is 11.0. The Morgan fingerprint density at radius 2 is 1.92 bits per heavy atom. The van der Waals surface area contributed by atoms with Crippen LogP contribution in [0.4, 0.5) is 8.78 Å². The minimum absolute atomic E-state index is 0.120. The molecule has 7 nitrogen and oxygen atoms in total. The first kappa shape index (κ1) is 22.7. The molecule has 3 aliphatic heterocycles. The first-order valence-corrected chi connectivity index (χ1v) is 13.3. The lowest BCUT2D eigenvalue weighted by Crippen LogP contribution is -2.59. The summed E-state index contributed by atoms with van der Waals surface area (Å²) < 4.78 is 37.9. The van der Waals surface area contributed by atoms with Crippen LogP contribution in [0.3, 0.4) is 0 Å². The molecule has 4 aliphatic rings. The number of nitrogens with zero attached hydrogens (tertiary/aromatic N) is 3. The second-order valence-electron chi connectivity index (χ2n) is 10.0. The van der Waals surface area contributed by atoms with Crippen molar-refractivity contribution in [2.24, 2.45) is 0 Å². The Labute approximate surface area is 215 Å². The molecule has 1 saturated carbocycles. The van der Waals surface area contributed by atoms with Gasteiger partial charge in [0.25, 0.3) is 5.91 Å². The maximum Gasteiger partial charge on any atom is 0.278 e. The highest BCUT2D eigenvalue weighted by atomic mass is 32.2. The number of hydrogen-bond donors (Lipinski definition) is 1. The summed E-state index contributed by atoms with van der Waals surface area (Å²) in [5, 5.41) is 12.7. The largest absolute Gasteiger partial charge is 0.502 e. The van der Waals surface area contributed by atoms with E-state index in [0.29, 0.717) is 25.0 Å². The number of carbonyl (C=O) groups is 1. The lowest BCUT2D eigenvalue weighted by Gasteiger charge is -2.46. The van der Waals surface area contributed by atoms with Gasteiger partial charge in [-0.25, -0.2) is 8.78 Å². The Bertz CT molecular complexity index is 1540. The van der Waals surface area contributed by atoms with Crippen LogP contribution in [0.2, 0.25) is 0 Å². The van der Waals surface area contributed by atoms with Gasteiger partial charge in [0.15, 0.2) is 23.1 Å². The summed E-state index contributed by atoms with van der Waals surface area (Å²) in [6.45, 7) is 0.439. The van der Waals surface area contributed by atoms with Crippen molar-refractivity contribution < 1.29 is 23.4 Å². The SMILES string of the molecule is O=C1c2c(O)c(=O)ccn2N2CN1C1(CCCOc3cc(F)c(F)c4c3[C@@H]2c2ccccc2SC4)CC1. The molecule has 10 heteroatoms. The molecule has 2 aromatic carbocycles. The van der Waals surface area contributed by atoms with Crippen molar-refractivity contribution in [3.8, 4) is 11.5 Å². The van der Waals surface area contributed by atoms with E-state index in [0.717, 1.165) is 29.4 Å². The fourth-order valence-corrected chi connectivity index (χ4v) is 7.07. The third kappa shape index (κ3) is 3.24. The van der Waals surface area contributed by atoms with E-state index in [1.807, 2.05) is 29.3 Å². The molecule has 7 rings (SSSR count). The number of aromatic hydroxyl groups is 1. The Kier molecular flexibility index (Phi) is 4.89.